The lowest BCUT2D eigenvalue weighted by molar-refractivity contribution is 0.0562. The Morgan fingerprint density at radius 2 is 2.10 bits per heavy atom. The molecule has 1 unspecified atom stereocenters. The van der Waals surface area contributed by atoms with Gasteiger partial charge in [0.15, 0.2) is 5.82 Å². The highest BCUT2D eigenvalue weighted by Gasteiger charge is 2.34. The second kappa shape index (κ2) is 9.79. The molecule has 12 heteroatoms. The summed E-state index contributed by atoms with van der Waals surface area (Å²) in [5.41, 5.74) is -1.13. The van der Waals surface area contributed by atoms with Gasteiger partial charge in [0.2, 0.25) is 15.9 Å². The number of unbranched alkanes of at least 4 members (excludes halogenated alkanes) is 1. The SMILES string of the molecule is CCCCc1nc(O)c([C@H](Cc2ncc(F)cn2)S(N)(=O)=O)c(=O)n1C1CCCOC1. The van der Waals surface area contributed by atoms with Gasteiger partial charge in [0.1, 0.15) is 16.9 Å². The van der Waals surface area contributed by atoms with Crippen LogP contribution in [0.1, 0.15) is 61.1 Å². The number of ether oxygens (including phenoxy) is 1. The van der Waals surface area contributed by atoms with Crippen LogP contribution in [0.2, 0.25) is 0 Å². The van der Waals surface area contributed by atoms with E-state index in [4.69, 9.17) is 9.88 Å². The molecule has 1 aliphatic rings. The van der Waals surface area contributed by atoms with Crippen LogP contribution in [0.5, 0.6) is 5.88 Å². The largest absolute Gasteiger partial charge is 0.493 e. The fourth-order valence-corrected chi connectivity index (χ4v) is 4.58. The van der Waals surface area contributed by atoms with Gasteiger partial charge < -0.3 is 9.84 Å². The van der Waals surface area contributed by atoms with E-state index in [0.717, 1.165) is 31.7 Å². The molecule has 10 nitrogen and oxygen atoms in total. The van der Waals surface area contributed by atoms with Crippen molar-refractivity contribution in [3.63, 3.8) is 0 Å². The van der Waals surface area contributed by atoms with Crippen molar-refractivity contribution in [1.29, 1.82) is 0 Å². The Balaban J connectivity index is 2.14. The van der Waals surface area contributed by atoms with E-state index in [1.165, 1.54) is 4.57 Å². The third kappa shape index (κ3) is 5.43. The molecule has 31 heavy (non-hydrogen) atoms. The Kier molecular flexibility index (Phi) is 7.34. The van der Waals surface area contributed by atoms with Crippen LogP contribution in [0.4, 0.5) is 4.39 Å². The maximum absolute atomic E-state index is 13.5. The molecular weight excluding hydrogens is 429 g/mol. The van der Waals surface area contributed by atoms with Gasteiger partial charge in [0.05, 0.1) is 30.6 Å². The number of hydrogen-bond acceptors (Lipinski definition) is 8. The van der Waals surface area contributed by atoms with Crippen LogP contribution in [-0.4, -0.2) is 46.3 Å². The number of primary sulfonamides is 1. The van der Waals surface area contributed by atoms with Crippen LogP contribution in [0.25, 0.3) is 0 Å². The van der Waals surface area contributed by atoms with Crippen molar-refractivity contribution in [3.8, 4) is 5.88 Å². The lowest BCUT2D eigenvalue weighted by atomic mass is 10.1. The second-order valence-electron chi connectivity index (χ2n) is 7.51. The molecule has 0 amide bonds. The van der Waals surface area contributed by atoms with Gasteiger partial charge in [-0.1, -0.05) is 13.3 Å². The number of hydrogen-bond donors (Lipinski definition) is 2. The molecule has 0 radical (unpaired) electrons. The molecule has 1 fully saturated rings. The standard InChI is InChI=1S/C19H26FN5O5S/c1-2-3-6-16-24-18(26)17(19(27)25(16)13-5-4-7-30-11-13)14(31(21,28)29)8-15-22-9-12(20)10-23-15/h9-10,13-14,26H,2-8,11H2,1H3,(H2,21,28,29)/t13?,14-/m0/s1. The first-order valence-electron chi connectivity index (χ1n) is 10.1. The van der Waals surface area contributed by atoms with Crippen molar-refractivity contribution in [3.05, 3.63) is 45.8 Å². The van der Waals surface area contributed by atoms with Crippen LogP contribution in [0.3, 0.4) is 0 Å². The average Bonchev–Trinajstić information content (AvgIpc) is 2.72. The Bertz CT molecular complexity index is 1070. The minimum absolute atomic E-state index is 0.0400. The van der Waals surface area contributed by atoms with Crippen LogP contribution in [0.15, 0.2) is 17.2 Å². The zero-order valence-electron chi connectivity index (χ0n) is 17.2. The highest BCUT2D eigenvalue weighted by Crippen LogP contribution is 2.29. The molecule has 1 saturated heterocycles. The van der Waals surface area contributed by atoms with Crippen LogP contribution in [-0.2, 0) is 27.6 Å². The fourth-order valence-electron chi connectivity index (χ4n) is 3.67. The molecule has 2 aromatic heterocycles. The van der Waals surface area contributed by atoms with Crippen LogP contribution < -0.4 is 10.7 Å². The third-order valence-corrected chi connectivity index (χ3v) is 6.41. The summed E-state index contributed by atoms with van der Waals surface area (Å²) in [4.78, 5) is 25.2. The summed E-state index contributed by atoms with van der Waals surface area (Å²) >= 11 is 0. The first-order valence-corrected chi connectivity index (χ1v) is 11.7. The van der Waals surface area contributed by atoms with Gasteiger partial charge in [-0.2, -0.15) is 4.98 Å². The van der Waals surface area contributed by atoms with Gasteiger partial charge in [-0.3, -0.25) is 9.36 Å². The van der Waals surface area contributed by atoms with Crippen molar-refractivity contribution >= 4 is 10.0 Å². The molecule has 0 spiro atoms. The zero-order valence-corrected chi connectivity index (χ0v) is 18.0. The van der Waals surface area contributed by atoms with E-state index in [-0.39, 0.29) is 18.5 Å². The zero-order chi connectivity index (χ0) is 22.6. The molecule has 0 bridgehead atoms. The van der Waals surface area contributed by atoms with Gasteiger partial charge >= 0.3 is 0 Å². The van der Waals surface area contributed by atoms with Crippen molar-refractivity contribution < 1.29 is 22.7 Å². The van der Waals surface area contributed by atoms with Crippen molar-refractivity contribution in [2.75, 3.05) is 13.2 Å². The lowest BCUT2D eigenvalue weighted by Crippen LogP contribution is -2.38. The molecule has 1 aliphatic heterocycles. The van der Waals surface area contributed by atoms with Gasteiger partial charge in [0, 0.05) is 19.4 Å². The van der Waals surface area contributed by atoms with Crippen molar-refractivity contribution in [2.45, 2.75) is 56.7 Å². The molecule has 0 aromatic carbocycles. The van der Waals surface area contributed by atoms with Crippen LogP contribution >= 0.6 is 0 Å². The highest BCUT2D eigenvalue weighted by molar-refractivity contribution is 7.89. The smallest absolute Gasteiger partial charge is 0.262 e. The molecule has 3 heterocycles. The van der Waals surface area contributed by atoms with E-state index >= 15 is 0 Å². The average molecular weight is 456 g/mol. The molecule has 0 saturated carbocycles. The number of nitrogens with zero attached hydrogens (tertiary/aromatic N) is 4. The number of sulfonamides is 1. The van der Waals surface area contributed by atoms with E-state index in [9.17, 15) is 22.7 Å². The first-order chi connectivity index (χ1) is 14.7. The summed E-state index contributed by atoms with van der Waals surface area (Å²) in [7, 11) is -4.37. The summed E-state index contributed by atoms with van der Waals surface area (Å²) in [5, 5.41) is 14.3. The normalized spacial score (nSPS) is 18.1. The van der Waals surface area contributed by atoms with Crippen molar-refractivity contribution in [2.24, 2.45) is 5.14 Å². The predicted octanol–water partition coefficient (Wildman–Crippen LogP) is 1.14. The van der Waals surface area contributed by atoms with Gasteiger partial charge in [-0.05, 0) is 19.3 Å². The minimum atomic E-state index is -4.37. The monoisotopic (exact) mass is 455 g/mol. The Morgan fingerprint density at radius 1 is 1.39 bits per heavy atom. The quantitative estimate of drug-likeness (QED) is 0.602. The van der Waals surface area contributed by atoms with E-state index in [1.54, 1.807) is 0 Å². The fraction of sp³-hybridized carbons (Fsp3) is 0.579. The topological polar surface area (TPSA) is 150 Å². The van der Waals surface area contributed by atoms with Gasteiger partial charge in [0.25, 0.3) is 5.56 Å². The molecule has 3 N–H and O–H groups in total. The van der Waals surface area contributed by atoms with Gasteiger partial charge in [-0.15, -0.1) is 0 Å². The Hall–Kier alpha value is -2.44. The number of aromatic hydroxyl groups is 1. The number of aryl methyl sites for hydroxylation is 1. The molecule has 0 aliphatic carbocycles. The summed E-state index contributed by atoms with van der Waals surface area (Å²) < 4.78 is 44.8. The molecule has 3 rings (SSSR count). The Labute approximate surface area is 179 Å². The molecule has 2 atom stereocenters. The Morgan fingerprint density at radius 3 is 2.68 bits per heavy atom. The first kappa shape index (κ1) is 23.2. The van der Waals surface area contributed by atoms with Crippen molar-refractivity contribution in [1.82, 2.24) is 19.5 Å². The molecule has 170 valence electrons. The van der Waals surface area contributed by atoms with E-state index in [0.29, 0.717) is 25.3 Å². The predicted molar refractivity (Wildman–Crippen MR) is 109 cm³/mol. The lowest BCUT2D eigenvalue weighted by Gasteiger charge is -2.28. The van der Waals surface area contributed by atoms with Crippen LogP contribution in [0, 0.1) is 5.82 Å². The number of aromatic nitrogens is 4. The van der Waals surface area contributed by atoms with Gasteiger partial charge in [-0.25, -0.2) is 27.9 Å². The summed E-state index contributed by atoms with van der Waals surface area (Å²) in [6.07, 6.45) is 4.77. The maximum atomic E-state index is 13.5. The molecular formula is C19H26FN5O5S. The number of nitrogens with two attached hydrogens (primary N) is 1. The maximum Gasteiger partial charge on any atom is 0.262 e. The number of rotatable bonds is 8. The highest BCUT2D eigenvalue weighted by atomic mass is 32.2. The minimum Gasteiger partial charge on any atom is -0.493 e. The third-order valence-electron chi connectivity index (χ3n) is 5.22. The number of halogens is 1. The summed E-state index contributed by atoms with van der Waals surface area (Å²) in [5.74, 6) is -1.05. The second-order valence-corrected chi connectivity index (χ2v) is 9.26. The van der Waals surface area contributed by atoms with E-state index in [2.05, 4.69) is 15.0 Å². The summed E-state index contributed by atoms with van der Waals surface area (Å²) in [6.45, 7) is 2.85. The summed E-state index contributed by atoms with van der Waals surface area (Å²) in [6, 6.07) is -0.330. The molecule has 2 aromatic rings. The van der Waals surface area contributed by atoms with E-state index < -0.39 is 44.5 Å². The van der Waals surface area contributed by atoms with E-state index in [1.807, 2.05) is 6.92 Å².